The van der Waals surface area contributed by atoms with Crippen LogP contribution in [0, 0.1) is 0 Å². The molecule has 5 nitrogen and oxygen atoms in total. The van der Waals surface area contributed by atoms with Crippen molar-refractivity contribution in [2.45, 2.75) is 32.6 Å². The molecule has 0 radical (unpaired) electrons. The second kappa shape index (κ2) is 5.21. The van der Waals surface area contributed by atoms with Crippen LogP contribution in [0.5, 0.6) is 0 Å². The monoisotopic (exact) mass is 315 g/mol. The Morgan fingerprint density at radius 1 is 1.36 bits per heavy atom. The minimum Gasteiger partial charge on any atom is -0.481 e. The summed E-state index contributed by atoms with van der Waals surface area (Å²) in [5.41, 5.74) is 3.02. The maximum Gasteiger partial charge on any atom is 0.309 e. The number of nitrogens with zero attached hydrogens (tertiary/aromatic N) is 3. The Kier molecular flexibility index (Phi) is 3.48. The van der Waals surface area contributed by atoms with Crippen LogP contribution in [0.1, 0.15) is 32.2 Å². The van der Waals surface area contributed by atoms with E-state index in [0.29, 0.717) is 17.1 Å². The van der Waals surface area contributed by atoms with Crippen LogP contribution < -0.4 is 0 Å². The summed E-state index contributed by atoms with van der Waals surface area (Å²) in [5.74, 6) is -0.870. The maximum atomic E-state index is 11.3. The van der Waals surface area contributed by atoms with Gasteiger partial charge in [-0.05, 0) is 12.1 Å². The van der Waals surface area contributed by atoms with E-state index in [0.717, 1.165) is 10.7 Å². The van der Waals surface area contributed by atoms with E-state index in [1.165, 1.54) is 11.3 Å². The SMILES string of the molecule is CC(C)(C)c1csc2nc(-c3ccccn3)c(CC(=O)O)n12. The Bertz CT molecular complexity index is 828. The van der Waals surface area contributed by atoms with Gasteiger partial charge < -0.3 is 5.11 Å². The van der Waals surface area contributed by atoms with Gasteiger partial charge in [0, 0.05) is 22.7 Å². The van der Waals surface area contributed by atoms with Gasteiger partial charge in [-0.3, -0.25) is 14.2 Å². The van der Waals surface area contributed by atoms with Crippen molar-refractivity contribution in [3.8, 4) is 11.4 Å². The summed E-state index contributed by atoms with van der Waals surface area (Å²) in [6, 6.07) is 5.57. The first-order valence-corrected chi connectivity index (χ1v) is 7.88. The van der Waals surface area contributed by atoms with Gasteiger partial charge >= 0.3 is 5.97 Å². The topological polar surface area (TPSA) is 67.5 Å². The number of carboxylic acids is 1. The van der Waals surface area contributed by atoms with Gasteiger partial charge in [0.2, 0.25) is 0 Å². The van der Waals surface area contributed by atoms with Crippen LogP contribution in [-0.2, 0) is 16.6 Å². The Morgan fingerprint density at radius 2 is 2.14 bits per heavy atom. The van der Waals surface area contributed by atoms with Crippen molar-refractivity contribution in [2.24, 2.45) is 0 Å². The van der Waals surface area contributed by atoms with Gasteiger partial charge in [-0.15, -0.1) is 11.3 Å². The van der Waals surface area contributed by atoms with Gasteiger partial charge in [0.15, 0.2) is 4.96 Å². The second-order valence-electron chi connectivity index (χ2n) is 6.18. The molecule has 0 saturated heterocycles. The third-order valence-corrected chi connectivity index (χ3v) is 4.28. The van der Waals surface area contributed by atoms with Gasteiger partial charge in [0.1, 0.15) is 5.69 Å². The Hall–Kier alpha value is -2.21. The predicted molar refractivity (Wildman–Crippen MR) is 86.3 cm³/mol. The minimum absolute atomic E-state index is 0.0765. The van der Waals surface area contributed by atoms with Crippen LogP contribution in [0.2, 0.25) is 0 Å². The average Bonchev–Trinajstić information content (AvgIpc) is 2.99. The van der Waals surface area contributed by atoms with E-state index in [1.807, 2.05) is 22.6 Å². The summed E-state index contributed by atoms with van der Waals surface area (Å²) < 4.78 is 1.98. The smallest absolute Gasteiger partial charge is 0.309 e. The Balaban J connectivity index is 2.30. The first-order valence-electron chi connectivity index (χ1n) is 7.00. The minimum atomic E-state index is -0.870. The van der Waals surface area contributed by atoms with Crippen molar-refractivity contribution in [1.82, 2.24) is 14.4 Å². The van der Waals surface area contributed by atoms with E-state index in [9.17, 15) is 9.90 Å². The van der Waals surface area contributed by atoms with Crippen LogP contribution in [0.25, 0.3) is 16.3 Å². The molecule has 0 aromatic carbocycles. The molecule has 0 fully saturated rings. The molecule has 0 saturated carbocycles. The lowest BCUT2D eigenvalue weighted by Gasteiger charge is -2.18. The lowest BCUT2D eigenvalue weighted by atomic mass is 9.93. The van der Waals surface area contributed by atoms with Gasteiger partial charge in [-0.1, -0.05) is 26.8 Å². The first-order chi connectivity index (χ1) is 10.4. The summed E-state index contributed by atoms with van der Waals surface area (Å²) in [5, 5.41) is 11.3. The zero-order valence-electron chi connectivity index (χ0n) is 12.7. The molecule has 3 rings (SSSR count). The highest BCUT2D eigenvalue weighted by molar-refractivity contribution is 7.15. The van der Waals surface area contributed by atoms with Crippen LogP contribution in [0.3, 0.4) is 0 Å². The zero-order valence-corrected chi connectivity index (χ0v) is 13.5. The average molecular weight is 315 g/mol. The molecule has 0 unspecified atom stereocenters. The van der Waals surface area contributed by atoms with Gasteiger partial charge in [0.25, 0.3) is 0 Å². The molecule has 0 aliphatic carbocycles. The predicted octanol–water partition coefficient (Wildman–Crippen LogP) is 3.38. The lowest BCUT2D eigenvalue weighted by molar-refractivity contribution is -0.136. The van der Waals surface area contributed by atoms with E-state index in [-0.39, 0.29) is 11.8 Å². The number of aliphatic carboxylic acids is 1. The molecule has 0 atom stereocenters. The van der Waals surface area contributed by atoms with Crippen LogP contribution in [0.4, 0.5) is 0 Å². The van der Waals surface area contributed by atoms with Gasteiger partial charge in [-0.25, -0.2) is 4.98 Å². The largest absolute Gasteiger partial charge is 0.481 e. The van der Waals surface area contributed by atoms with E-state index in [1.54, 1.807) is 6.20 Å². The molecule has 1 N–H and O–H groups in total. The summed E-state index contributed by atoms with van der Waals surface area (Å²) >= 11 is 1.53. The molecule has 0 bridgehead atoms. The summed E-state index contributed by atoms with van der Waals surface area (Å²) in [7, 11) is 0. The Labute approximate surface area is 132 Å². The van der Waals surface area contributed by atoms with Crippen molar-refractivity contribution in [3.05, 3.63) is 41.2 Å². The number of carboxylic acid groups (broad SMARTS) is 1. The number of hydrogen-bond acceptors (Lipinski definition) is 4. The zero-order chi connectivity index (χ0) is 15.9. The van der Waals surface area contributed by atoms with Crippen molar-refractivity contribution >= 4 is 22.3 Å². The molecule has 0 amide bonds. The van der Waals surface area contributed by atoms with E-state index < -0.39 is 5.97 Å². The highest BCUT2D eigenvalue weighted by atomic mass is 32.1. The summed E-state index contributed by atoms with van der Waals surface area (Å²) in [6.45, 7) is 6.33. The van der Waals surface area contributed by atoms with E-state index >= 15 is 0 Å². The molecule has 6 heteroatoms. The number of fused-ring (bicyclic) bond motifs is 1. The van der Waals surface area contributed by atoms with Gasteiger partial charge in [-0.2, -0.15) is 0 Å². The molecule has 0 spiro atoms. The number of rotatable bonds is 3. The van der Waals surface area contributed by atoms with E-state index in [4.69, 9.17) is 0 Å². The quantitative estimate of drug-likeness (QED) is 0.804. The molecular formula is C16H17N3O2S. The van der Waals surface area contributed by atoms with Crippen LogP contribution in [-0.4, -0.2) is 25.4 Å². The number of carbonyl (C=O) groups is 1. The molecule has 3 aromatic heterocycles. The lowest BCUT2D eigenvalue weighted by Crippen LogP contribution is -2.16. The fourth-order valence-electron chi connectivity index (χ4n) is 2.45. The molecule has 3 heterocycles. The summed E-state index contributed by atoms with van der Waals surface area (Å²) in [6.07, 6.45) is 1.62. The van der Waals surface area contributed by atoms with Gasteiger partial charge in [0.05, 0.1) is 17.8 Å². The fraction of sp³-hybridized carbons (Fsp3) is 0.312. The van der Waals surface area contributed by atoms with Crippen molar-refractivity contribution < 1.29 is 9.90 Å². The standard InChI is InChI=1S/C16H17N3O2S/c1-16(2,3)12-9-22-15-18-14(10-6-4-5-7-17-10)11(19(12)15)8-13(20)21/h4-7,9H,8H2,1-3H3,(H,20,21). The number of imidazole rings is 1. The highest BCUT2D eigenvalue weighted by Gasteiger charge is 2.25. The fourth-order valence-corrected chi connectivity index (χ4v) is 3.58. The maximum absolute atomic E-state index is 11.3. The highest BCUT2D eigenvalue weighted by Crippen LogP contribution is 2.33. The molecule has 0 aliphatic heterocycles. The van der Waals surface area contributed by atoms with Crippen LogP contribution in [0.15, 0.2) is 29.8 Å². The number of hydrogen-bond donors (Lipinski definition) is 1. The van der Waals surface area contributed by atoms with E-state index in [2.05, 4.69) is 36.1 Å². The summed E-state index contributed by atoms with van der Waals surface area (Å²) in [4.78, 5) is 21.1. The number of aromatic nitrogens is 3. The third kappa shape index (κ3) is 2.50. The Morgan fingerprint density at radius 3 is 2.73 bits per heavy atom. The van der Waals surface area contributed by atoms with Crippen molar-refractivity contribution in [1.29, 1.82) is 0 Å². The molecule has 0 aliphatic rings. The molecule has 3 aromatic rings. The first kappa shape index (κ1) is 14.7. The second-order valence-corrected chi connectivity index (χ2v) is 7.02. The van der Waals surface area contributed by atoms with Crippen molar-refractivity contribution in [3.63, 3.8) is 0 Å². The number of pyridine rings is 1. The normalized spacial score (nSPS) is 12.0. The van der Waals surface area contributed by atoms with Crippen molar-refractivity contribution in [2.75, 3.05) is 0 Å². The van der Waals surface area contributed by atoms with Crippen LogP contribution >= 0.6 is 11.3 Å². The number of thiazole rings is 1. The molecule has 114 valence electrons. The molecular weight excluding hydrogens is 298 g/mol. The molecule has 22 heavy (non-hydrogen) atoms. The third-order valence-electron chi connectivity index (χ3n) is 3.45.